The van der Waals surface area contributed by atoms with Crippen molar-refractivity contribution < 1.29 is 23.9 Å². The van der Waals surface area contributed by atoms with Crippen LogP contribution < -0.4 is 10.4 Å². The lowest BCUT2D eigenvalue weighted by atomic mass is 9.84. The summed E-state index contributed by atoms with van der Waals surface area (Å²) in [6.07, 6.45) is 1.20. The Bertz CT molecular complexity index is 1240. The number of nitrogens with zero attached hydrogens (tertiary/aromatic N) is 3. The van der Waals surface area contributed by atoms with Gasteiger partial charge in [-0.3, -0.25) is 14.7 Å². The van der Waals surface area contributed by atoms with E-state index >= 15 is 0 Å². The summed E-state index contributed by atoms with van der Waals surface area (Å²) in [4.78, 5) is 45.8. The van der Waals surface area contributed by atoms with Gasteiger partial charge in [-0.15, -0.1) is 0 Å². The van der Waals surface area contributed by atoms with Crippen molar-refractivity contribution in [2.24, 2.45) is 10.4 Å². The molecule has 1 N–H and O–H groups in total. The molecule has 4 rings (SSSR count). The summed E-state index contributed by atoms with van der Waals surface area (Å²) in [5, 5.41) is 1.19. The molecule has 1 fully saturated rings. The van der Waals surface area contributed by atoms with Crippen molar-refractivity contribution in [1.82, 2.24) is 10.3 Å². The van der Waals surface area contributed by atoms with Crippen LogP contribution in [0.5, 0.6) is 0 Å². The van der Waals surface area contributed by atoms with Crippen molar-refractivity contribution in [3.8, 4) is 0 Å². The van der Waals surface area contributed by atoms with E-state index in [1.165, 1.54) is 5.01 Å². The number of nitrogens with one attached hydrogen (secondary N) is 1. The summed E-state index contributed by atoms with van der Waals surface area (Å²) >= 11 is 0. The van der Waals surface area contributed by atoms with Crippen molar-refractivity contribution in [3.63, 3.8) is 0 Å². The Morgan fingerprint density at radius 3 is 2.46 bits per heavy atom. The number of anilines is 1. The molecular formula is C30H38N4O5. The predicted octanol–water partition coefficient (Wildman–Crippen LogP) is 5.48. The van der Waals surface area contributed by atoms with Crippen LogP contribution in [0.3, 0.4) is 0 Å². The number of hydrazine groups is 1. The number of aliphatic imine (C=N–C) groups is 1. The van der Waals surface area contributed by atoms with Gasteiger partial charge in [-0.1, -0.05) is 62.4 Å². The molecule has 0 radical (unpaired) electrons. The zero-order valence-electron chi connectivity index (χ0n) is 23.4. The maximum absolute atomic E-state index is 13.4. The second-order valence-corrected chi connectivity index (χ2v) is 11.8. The number of likely N-dealkylation sites (tertiary alicyclic amines) is 1. The summed E-state index contributed by atoms with van der Waals surface area (Å²) in [5.74, 6) is -0.410. The smallest absolute Gasteiger partial charge is 0.426 e. The quantitative estimate of drug-likeness (QED) is 0.560. The number of amides is 3. The first-order valence-corrected chi connectivity index (χ1v) is 13.4. The molecule has 9 nitrogen and oxygen atoms in total. The lowest BCUT2D eigenvalue weighted by Gasteiger charge is -2.33. The van der Waals surface area contributed by atoms with E-state index < -0.39 is 23.7 Å². The third-order valence-electron chi connectivity index (χ3n) is 6.91. The molecule has 0 aliphatic carbocycles. The highest BCUT2D eigenvalue weighted by molar-refractivity contribution is 6.14. The van der Waals surface area contributed by atoms with Gasteiger partial charge < -0.3 is 9.47 Å². The summed E-state index contributed by atoms with van der Waals surface area (Å²) in [6, 6.07) is 16.2. The normalized spacial score (nSPS) is 19.3. The Hall–Kier alpha value is -3.88. The fraction of sp³-hybridized carbons (Fsp3) is 0.467. The summed E-state index contributed by atoms with van der Waals surface area (Å²) in [7, 11) is 0. The van der Waals surface area contributed by atoms with Gasteiger partial charge in [-0.2, -0.15) is 0 Å². The summed E-state index contributed by atoms with van der Waals surface area (Å²) < 4.78 is 11.1. The second-order valence-electron chi connectivity index (χ2n) is 11.8. The SMILES string of the molecule is CC1(C)CCC(C2=NCC(=O)N(NC(=O)OCc3ccccc3)c3ccccc32)N(C(=O)OC(C)(C)C)CC1. The van der Waals surface area contributed by atoms with Gasteiger partial charge in [0.2, 0.25) is 0 Å². The molecule has 2 aromatic carbocycles. The Morgan fingerprint density at radius 2 is 1.74 bits per heavy atom. The molecule has 3 amide bonds. The zero-order chi connectivity index (χ0) is 28.2. The molecule has 2 aromatic rings. The van der Waals surface area contributed by atoms with Crippen LogP contribution in [-0.4, -0.2) is 53.4 Å². The highest BCUT2D eigenvalue weighted by Gasteiger charge is 2.39. The number of fused-ring (bicyclic) bond motifs is 1. The van der Waals surface area contributed by atoms with Gasteiger partial charge in [-0.25, -0.2) is 20.0 Å². The molecule has 208 valence electrons. The van der Waals surface area contributed by atoms with E-state index in [9.17, 15) is 14.4 Å². The van der Waals surface area contributed by atoms with Gasteiger partial charge >= 0.3 is 12.2 Å². The van der Waals surface area contributed by atoms with Gasteiger partial charge in [0.15, 0.2) is 0 Å². The molecule has 1 atom stereocenters. The molecular weight excluding hydrogens is 496 g/mol. The van der Waals surface area contributed by atoms with Crippen molar-refractivity contribution in [2.45, 2.75) is 72.1 Å². The number of carbonyl (C=O) groups is 3. The fourth-order valence-corrected chi connectivity index (χ4v) is 4.79. The lowest BCUT2D eigenvalue weighted by molar-refractivity contribution is -0.117. The Kier molecular flexibility index (Phi) is 8.28. The molecule has 9 heteroatoms. The van der Waals surface area contributed by atoms with Crippen LogP contribution >= 0.6 is 0 Å². The number of benzodiazepines with no additional fused rings is 1. The fourth-order valence-electron chi connectivity index (χ4n) is 4.79. The van der Waals surface area contributed by atoms with Crippen molar-refractivity contribution >= 4 is 29.5 Å². The monoisotopic (exact) mass is 534 g/mol. The minimum atomic E-state index is -0.753. The highest BCUT2D eigenvalue weighted by atomic mass is 16.6. The third kappa shape index (κ3) is 7.16. The molecule has 0 spiro atoms. The van der Waals surface area contributed by atoms with E-state index in [-0.39, 0.29) is 24.6 Å². The Balaban J connectivity index is 1.62. The average molecular weight is 535 g/mol. The largest absolute Gasteiger partial charge is 0.444 e. The van der Waals surface area contributed by atoms with E-state index in [1.807, 2.05) is 63.2 Å². The molecule has 0 aromatic heterocycles. The first-order chi connectivity index (χ1) is 18.4. The number of benzene rings is 2. The zero-order valence-corrected chi connectivity index (χ0v) is 23.4. The van der Waals surface area contributed by atoms with Crippen LogP contribution in [0.25, 0.3) is 0 Å². The molecule has 1 saturated heterocycles. The standard InChI is InChI=1S/C30H38N4O5/c1-29(2,3)39-28(37)33-18-17-30(4,5)16-15-24(33)26-22-13-9-10-14-23(22)34(25(35)19-31-26)32-27(36)38-20-21-11-7-6-8-12-21/h6-14,24H,15-20H2,1-5H3,(H,32,36). The molecule has 0 bridgehead atoms. The topological polar surface area (TPSA) is 101 Å². The van der Waals surface area contributed by atoms with E-state index in [2.05, 4.69) is 19.3 Å². The van der Waals surface area contributed by atoms with E-state index in [4.69, 9.17) is 14.5 Å². The number of rotatable bonds is 4. The van der Waals surface area contributed by atoms with E-state index in [0.29, 0.717) is 29.9 Å². The van der Waals surface area contributed by atoms with Crippen molar-refractivity contribution in [3.05, 3.63) is 65.7 Å². The van der Waals surface area contributed by atoms with Crippen LogP contribution in [-0.2, 0) is 20.9 Å². The molecule has 2 heterocycles. The first kappa shape index (κ1) is 28.1. The minimum Gasteiger partial charge on any atom is -0.444 e. The van der Waals surface area contributed by atoms with Crippen LogP contribution in [0.4, 0.5) is 15.3 Å². The number of hydrogen-bond donors (Lipinski definition) is 1. The average Bonchev–Trinajstić information content (AvgIpc) is 3.12. The molecule has 2 aliphatic heterocycles. The molecule has 39 heavy (non-hydrogen) atoms. The van der Waals surface area contributed by atoms with Crippen LogP contribution in [0.1, 0.15) is 65.0 Å². The second kappa shape index (κ2) is 11.5. The van der Waals surface area contributed by atoms with Crippen LogP contribution in [0.2, 0.25) is 0 Å². The maximum atomic E-state index is 13.4. The molecule has 0 saturated carbocycles. The minimum absolute atomic E-state index is 0.0335. The molecule has 1 unspecified atom stereocenters. The van der Waals surface area contributed by atoms with Gasteiger partial charge in [-0.05, 0) is 57.1 Å². The summed E-state index contributed by atoms with van der Waals surface area (Å²) in [6.45, 7) is 10.3. The predicted molar refractivity (Wildman–Crippen MR) is 149 cm³/mol. The van der Waals surface area contributed by atoms with Gasteiger partial charge in [0.1, 0.15) is 18.8 Å². The molecule has 2 aliphatic rings. The lowest BCUT2D eigenvalue weighted by Crippen LogP contribution is -2.48. The number of ether oxygens (including phenoxy) is 2. The van der Waals surface area contributed by atoms with Crippen molar-refractivity contribution in [1.29, 1.82) is 0 Å². The van der Waals surface area contributed by atoms with E-state index in [1.54, 1.807) is 17.0 Å². The number of carbonyl (C=O) groups excluding carboxylic acids is 3. The third-order valence-corrected chi connectivity index (χ3v) is 6.91. The summed E-state index contributed by atoms with van der Waals surface area (Å²) in [5.41, 5.74) is 4.59. The van der Waals surface area contributed by atoms with Gasteiger partial charge in [0.25, 0.3) is 5.91 Å². The number of hydrogen-bond acceptors (Lipinski definition) is 6. The number of para-hydroxylation sites is 1. The van der Waals surface area contributed by atoms with Gasteiger partial charge in [0, 0.05) is 12.1 Å². The maximum Gasteiger partial charge on any atom is 0.426 e. The van der Waals surface area contributed by atoms with Crippen molar-refractivity contribution in [2.75, 3.05) is 18.1 Å². The van der Waals surface area contributed by atoms with Crippen LogP contribution in [0, 0.1) is 5.41 Å². The Labute approximate surface area is 230 Å². The Morgan fingerprint density at radius 1 is 1.05 bits per heavy atom. The highest BCUT2D eigenvalue weighted by Crippen LogP contribution is 2.36. The van der Waals surface area contributed by atoms with Gasteiger partial charge in [0.05, 0.1) is 17.4 Å². The first-order valence-electron chi connectivity index (χ1n) is 13.4. The van der Waals surface area contributed by atoms with E-state index in [0.717, 1.165) is 18.4 Å². The van der Waals surface area contributed by atoms with Crippen LogP contribution in [0.15, 0.2) is 59.6 Å².